The van der Waals surface area contributed by atoms with E-state index in [0.717, 1.165) is 11.3 Å². The van der Waals surface area contributed by atoms with Crippen molar-refractivity contribution in [2.45, 2.75) is 33.0 Å². The number of benzene rings is 1. The van der Waals surface area contributed by atoms with Crippen LogP contribution < -0.4 is 14.8 Å². The Morgan fingerprint density at radius 1 is 1.11 bits per heavy atom. The number of hydrogen-bond acceptors (Lipinski definition) is 9. The van der Waals surface area contributed by atoms with Gasteiger partial charge < -0.3 is 14.6 Å². The third-order valence-corrected chi connectivity index (χ3v) is 5.99. The molecule has 0 bridgehead atoms. The summed E-state index contributed by atoms with van der Waals surface area (Å²) in [5.41, 5.74) is 2.12. The fraction of sp³-hybridized carbons (Fsp3) is 0.240. The van der Waals surface area contributed by atoms with Gasteiger partial charge in [-0.1, -0.05) is 11.2 Å². The fourth-order valence-corrected chi connectivity index (χ4v) is 3.94. The number of ether oxygens (including phenoxy) is 2. The van der Waals surface area contributed by atoms with Crippen LogP contribution in [0.3, 0.4) is 0 Å². The molecule has 1 aromatic carbocycles. The summed E-state index contributed by atoms with van der Waals surface area (Å²) in [6.07, 6.45) is 3.01. The highest BCUT2D eigenvalue weighted by Crippen LogP contribution is 2.34. The molecule has 0 saturated carbocycles. The fourth-order valence-electron chi connectivity index (χ4n) is 3.34. The zero-order valence-electron chi connectivity index (χ0n) is 20.1. The molecule has 11 heteroatoms. The summed E-state index contributed by atoms with van der Waals surface area (Å²) in [6, 6.07) is 9.32. The van der Waals surface area contributed by atoms with E-state index >= 15 is 0 Å². The first-order valence-electron chi connectivity index (χ1n) is 10.9. The number of anilines is 1. The van der Waals surface area contributed by atoms with Crippen molar-refractivity contribution in [2.24, 2.45) is 0 Å². The number of pyridine rings is 2. The zero-order valence-corrected chi connectivity index (χ0v) is 20.9. The van der Waals surface area contributed by atoms with Crippen molar-refractivity contribution in [1.29, 1.82) is 0 Å². The molecule has 0 aliphatic rings. The van der Waals surface area contributed by atoms with Crippen LogP contribution in [0.2, 0.25) is 0 Å². The normalized spacial score (nSPS) is 11.3. The number of methoxy groups -OCH3 is 1. The Kier molecular flexibility index (Phi) is 7.22. The maximum absolute atomic E-state index is 14.0. The summed E-state index contributed by atoms with van der Waals surface area (Å²) < 4.78 is 25.0. The largest absolute Gasteiger partial charge is 0.496 e. The van der Waals surface area contributed by atoms with E-state index in [1.165, 1.54) is 31.5 Å². The Morgan fingerprint density at radius 3 is 2.61 bits per heavy atom. The standard InChI is InChI=1S/C25H24FN5O4S/c1-14-9-18(19-10-16(26)6-8-21(19)34-4)20(12-27-14)22(32)29-23-30-31-24(36-23)35-13-17-7-5-15(11-28-17)25(2,3)33/h5-12,33H,13H2,1-4H3,(H,29,30,32). The minimum absolute atomic E-state index is 0.139. The maximum atomic E-state index is 14.0. The van der Waals surface area contributed by atoms with Crippen LogP contribution in [0.4, 0.5) is 9.52 Å². The molecule has 0 saturated heterocycles. The lowest BCUT2D eigenvalue weighted by atomic mass is 9.99. The molecule has 0 spiro atoms. The average Bonchev–Trinajstić information content (AvgIpc) is 3.29. The second-order valence-electron chi connectivity index (χ2n) is 8.43. The third-order valence-electron chi connectivity index (χ3n) is 5.24. The van der Waals surface area contributed by atoms with E-state index in [1.807, 2.05) is 0 Å². The molecule has 0 unspecified atom stereocenters. The minimum atomic E-state index is -0.981. The monoisotopic (exact) mass is 509 g/mol. The number of aliphatic hydroxyl groups is 1. The predicted molar refractivity (Wildman–Crippen MR) is 133 cm³/mol. The number of hydrogen-bond donors (Lipinski definition) is 2. The van der Waals surface area contributed by atoms with Crippen LogP contribution in [0.15, 0.2) is 48.8 Å². The van der Waals surface area contributed by atoms with E-state index in [2.05, 4.69) is 25.5 Å². The van der Waals surface area contributed by atoms with Crippen molar-refractivity contribution in [1.82, 2.24) is 20.2 Å². The van der Waals surface area contributed by atoms with E-state index in [4.69, 9.17) is 9.47 Å². The van der Waals surface area contributed by atoms with Gasteiger partial charge in [-0.05, 0) is 62.4 Å². The summed E-state index contributed by atoms with van der Waals surface area (Å²) in [7, 11) is 1.48. The predicted octanol–water partition coefficient (Wildman–Crippen LogP) is 4.51. The topological polar surface area (TPSA) is 119 Å². The Labute approximate surface area is 211 Å². The van der Waals surface area contributed by atoms with Crippen LogP contribution in [-0.2, 0) is 12.2 Å². The van der Waals surface area contributed by atoms with Gasteiger partial charge in [-0.25, -0.2) is 4.39 Å². The average molecular weight is 510 g/mol. The molecule has 0 aliphatic heterocycles. The highest BCUT2D eigenvalue weighted by atomic mass is 32.1. The summed E-state index contributed by atoms with van der Waals surface area (Å²) >= 11 is 1.05. The molecule has 3 heterocycles. The van der Waals surface area contributed by atoms with Crippen LogP contribution in [0.5, 0.6) is 10.9 Å². The molecule has 2 N–H and O–H groups in total. The quantitative estimate of drug-likeness (QED) is 0.356. The lowest BCUT2D eigenvalue weighted by Crippen LogP contribution is -2.16. The van der Waals surface area contributed by atoms with Gasteiger partial charge in [-0.15, -0.1) is 5.10 Å². The first-order valence-corrected chi connectivity index (χ1v) is 11.7. The van der Waals surface area contributed by atoms with Crippen LogP contribution in [-0.4, -0.2) is 38.3 Å². The Bertz CT molecular complexity index is 1390. The van der Waals surface area contributed by atoms with Crippen molar-refractivity contribution in [2.75, 3.05) is 12.4 Å². The van der Waals surface area contributed by atoms with Gasteiger partial charge in [-0.3, -0.25) is 20.1 Å². The van der Waals surface area contributed by atoms with E-state index < -0.39 is 17.3 Å². The molecule has 4 aromatic rings. The van der Waals surface area contributed by atoms with Crippen molar-refractivity contribution >= 4 is 22.4 Å². The molecule has 9 nitrogen and oxygen atoms in total. The smallest absolute Gasteiger partial charge is 0.296 e. The van der Waals surface area contributed by atoms with Gasteiger partial charge in [0.25, 0.3) is 11.1 Å². The first kappa shape index (κ1) is 25.1. The second-order valence-corrected chi connectivity index (χ2v) is 9.37. The van der Waals surface area contributed by atoms with E-state index in [9.17, 15) is 14.3 Å². The number of nitrogens with one attached hydrogen (secondary N) is 1. The van der Waals surface area contributed by atoms with Crippen LogP contribution in [0, 0.1) is 12.7 Å². The molecule has 4 rings (SSSR count). The molecule has 36 heavy (non-hydrogen) atoms. The summed E-state index contributed by atoms with van der Waals surface area (Å²) in [4.78, 5) is 21.6. The van der Waals surface area contributed by atoms with Crippen molar-refractivity contribution in [3.05, 3.63) is 77.1 Å². The zero-order chi connectivity index (χ0) is 25.9. The van der Waals surface area contributed by atoms with Gasteiger partial charge in [-0.2, -0.15) is 0 Å². The Hall–Kier alpha value is -3.96. The maximum Gasteiger partial charge on any atom is 0.296 e. The molecular formula is C25H24FN5O4S. The number of aromatic nitrogens is 4. The van der Waals surface area contributed by atoms with E-state index in [0.29, 0.717) is 33.8 Å². The number of carbonyl (C=O) groups excluding carboxylic acids is 1. The van der Waals surface area contributed by atoms with Crippen molar-refractivity contribution in [3.8, 4) is 22.1 Å². The molecule has 186 valence electrons. The lowest BCUT2D eigenvalue weighted by molar-refractivity contribution is 0.0781. The van der Waals surface area contributed by atoms with E-state index in [-0.39, 0.29) is 22.5 Å². The van der Waals surface area contributed by atoms with Crippen LogP contribution in [0.25, 0.3) is 11.1 Å². The summed E-state index contributed by atoms with van der Waals surface area (Å²) in [6.45, 7) is 5.28. The second kappa shape index (κ2) is 10.3. The molecule has 3 aromatic heterocycles. The highest BCUT2D eigenvalue weighted by molar-refractivity contribution is 7.17. The van der Waals surface area contributed by atoms with Crippen molar-refractivity contribution in [3.63, 3.8) is 0 Å². The molecule has 0 atom stereocenters. The number of rotatable bonds is 8. The molecule has 0 radical (unpaired) electrons. The van der Waals surface area contributed by atoms with Crippen LogP contribution >= 0.6 is 11.3 Å². The van der Waals surface area contributed by atoms with Crippen LogP contribution in [0.1, 0.15) is 41.2 Å². The van der Waals surface area contributed by atoms with Gasteiger partial charge >= 0.3 is 0 Å². The SMILES string of the molecule is COc1ccc(F)cc1-c1cc(C)ncc1C(=O)Nc1nnc(OCc2ccc(C(C)(C)O)cn2)s1. The Morgan fingerprint density at radius 2 is 1.92 bits per heavy atom. The Balaban J connectivity index is 1.48. The number of nitrogens with zero attached hydrogens (tertiary/aromatic N) is 4. The highest BCUT2D eigenvalue weighted by Gasteiger charge is 2.20. The van der Waals surface area contributed by atoms with E-state index in [1.54, 1.807) is 45.2 Å². The van der Waals surface area contributed by atoms with Gasteiger partial charge in [0.1, 0.15) is 18.2 Å². The van der Waals surface area contributed by atoms with Gasteiger partial charge in [0, 0.05) is 34.8 Å². The number of carbonyl (C=O) groups is 1. The van der Waals surface area contributed by atoms with Gasteiger partial charge in [0.2, 0.25) is 5.13 Å². The minimum Gasteiger partial charge on any atom is -0.496 e. The number of halogens is 1. The van der Waals surface area contributed by atoms with Gasteiger partial charge in [0.05, 0.1) is 24.0 Å². The summed E-state index contributed by atoms with van der Waals surface area (Å²) in [5, 5.41) is 21.1. The number of aryl methyl sites for hydroxylation is 1. The van der Waals surface area contributed by atoms with Crippen molar-refractivity contribution < 1.29 is 23.8 Å². The third kappa shape index (κ3) is 5.81. The first-order chi connectivity index (χ1) is 17.1. The molecule has 0 aliphatic carbocycles. The number of amides is 1. The molecule has 1 amide bonds. The molecular weight excluding hydrogens is 485 g/mol. The molecule has 0 fully saturated rings. The lowest BCUT2D eigenvalue weighted by Gasteiger charge is -2.17. The van der Waals surface area contributed by atoms with Gasteiger partial charge in [0.15, 0.2) is 0 Å². The summed E-state index contributed by atoms with van der Waals surface area (Å²) in [5.74, 6) is -0.524.